The van der Waals surface area contributed by atoms with E-state index in [0.717, 1.165) is 4.90 Å². The molecule has 0 radical (unpaired) electrons. The second-order valence-corrected chi connectivity index (χ2v) is 9.57. The molecule has 2 bridgehead atoms. The fourth-order valence-electron chi connectivity index (χ4n) is 4.00. The molecule has 0 N–H and O–H groups in total. The minimum absolute atomic E-state index is 0.115. The Labute approximate surface area is 178 Å². The molecule has 1 saturated carbocycles. The van der Waals surface area contributed by atoms with Gasteiger partial charge >= 0.3 is 0 Å². The summed E-state index contributed by atoms with van der Waals surface area (Å²) in [5.74, 6) is -3.02. The van der Waals surface area contributed by atoms with Crippen LogP contribution in [0.15, 0.2) is 34.3 Å². The van der Waals surface area contributed by atoms with Gasteiger partial charge in [-0.05, 0) is 12.1 Å². The van der Waals surface area contributed by atoms with Crippen molar-refractivity contribution in [3.8, 4) is 5.75 Å². The van der Waals surface area contributed by atoms with E-state index in [1.54, 1.807) is 24.3 Å². The highest BCUT2D eigenvalue weighted by atomic mass is 35.5. The summed E-state index contributed by atoms with van der Waals surface area (Å²) < 4.78 is 3.21. The number of amides is 2. The van der Waals surface area contributed by atoms with Crippen LogP contribution in [0.2, 0.25) is 0 Å². The average Bonchev–Trinajstić information content (AvgIpc) is 2.99. The van der Waals surface area contributed by atoms with Crippen molar-refractivity contribution in [2.24, 2.45) is 11.8 Å². The number of anilines is 1. The van der Waals surface area contributed by atoms with Gasteiger partial charge in [-0.15, -0.1) is 23.2 Å². The Balaban J connectivity index is 1.89. The van der Waals surface area contributed by atoms with E-state index in [1.165, 1.54) is 7.11 Å². The summed E-state index contributed by atoms with van der Waals surface area (Å²) in [5.41, 5.74) is 0.315. The molecule has 4 atom stereocenters. The van der Waals surface area contributed by atoms with Gasteiger partial charge in [-0.25, -0.2) is 4.90 Å². The summed E-state index contributed by atoms with van der Waals surface area (Å²) in [5, 5.41) is -0.230. The van der Waals surface area contributed by atoms with Gasteiger partial charge in [0.05, 0.1) is 34.7 Å². The molecule has 2 amide bonds. The molecule has 0 aromatic heterocycles. The molecule has 4 nitrogen and oxygen atoms in total. The van der Waals surface area contributed by atoms with E-state index in [4.69, 9.17) is 74.3 Å². The Morgan fingerprint density at radius 3 is 1.92 bits per heavy atom. The van der Waals surface area contributed by atoms with Gasteiger partial charge in [0, 0.05) is 6.07 Å². The number of carbonyl (C=O) groups excluding carboxylic acids is 2. The van der Waals surface area contributed by atoms with Crippen molar-refractivity contribution in [1.82, 2.24) is 0 Å². The molecule has 0 unspecified atom stereocenters. The lowest BCUT2D eigenvalue weighted by atomic mass is 9.84. The molecule has 3 aliphatic rings. The third kappa shape index (κ3) is 1.82. The van der Waals surface area contributed by atoms with Crippen LogP contribution in [-0.2, 0) is 9.59 Å². The normalized spacial score (nSPS) is 37.6. The zero-order chi connectivity index (χ0) is 19.2. The summed E-state index contributed by atoms with van der Waals surface area (Å²) >= 11 is 38.7. The first-order valence-corrected chi connectivity index (χ1v) is 9.65. The molecule has 4 rings (SSSR count). The van der Waals surface area contributed by atoms with Crippen molar-refractivity contribution in [1.29, 1.82) is 0 Å². The van der Waals surface area contributed by atoms with Gasteiger partial charge in [-0.1, -0.05) is 52.5 Å². The standard InChI is InChI=1S/C16H9Cl6NO3/c1-26-7-4-2-3-6(5-7)23-12(24)8-9(13(23)25)15(20)11(18)10(17)14(8,19)16(15,21)22/h2-5,8-9H,1H3/t8-,9-,14-,15-/m1/s1. The van der Waals surface area contributed by atoms with Gasteiger partial charge in [-0.2, -0.15) is 0 Å². The SMILES string of the molecule is COc1cccc(N2C(=O)[C@H]3[C@H](C2=O)[C@@]2(Cl)C(Cl)=C(Cl)[C@@]3(Cl)C2(Cl)Cl)c1. The lowest BCUT2D eigenvalue weighted by Gasteiger charge is -2.34. The number of imide groups is 1. The van der Waals surface area contributed by atoms with Crippen molar-refractivity contribution in [3.05, 3.63) is 34.3 Å². The number of methoxy groups -OCH3 is 1. The van der Waals surface area contributed by atoms with E-state index in [0.29, 0.717) is 11.4 Å². The maximum atomic E-state index is 13.2. The fourth-order valence-corrected chi connectivity index (χ4v) is 6.93. The molecular formula is C16H9Cl6NO3. The lowest BCUT2D eigenvalue weighted by Crippen LogP contribution is -2.50. The second kappa shape index (κ2) is 5.59. The average molecular weight is 476 g/mol. The summed E-state index contributed by atoms with van der Waals surface area (Å²) in [7, 11) is 1.47. The Hall–Kier alpha value is -0.360. The third-order valence-corrected chi connectivity index (χ3v) is 9.48. The molecule has 1 aliphatic heterocycles. The molecule has 1 aromatic rings. The van der Waals surface area contributed by atoms with E-state index < -0.39 is 37.7 Å². The van der Waals surface area contributed by atoms with E-state index in [-0.39, 0.29) is 10.1 Å². The summed E-state index contributed by atoms with van der Waals surface area (Å²) in [4.78, 5) is 23.7. The van der Waals surface area contributed by atoms with Crippen molar-refractivity contribution < 1.29 is 14.3 Å². The first-order valence-electron chi connectivity index (χ1n) is 7.38. The maximum absolute atomic E-state index is 13.2. The zero-order valence-corrected chi connectivity index (χ0v) is 17.4. The van der Waals surface area contributed by atoms with Crippen molar-refractivity contribution >= 4 is 87.1 Å². The Bertz CT molecular complexity index is 856. The smallest absolute Gasteiger partial charge is 0.240 e. The van der Waals surface area contributed by atoms with Gasteiger partial charge in [0.15, 0.2) is 4.33 Å². The van der Waals surface area contributed by atoms with Crippen molar-refractivity contribution in [3.63, 3.8) is 0 Å². The number of benzene rings is 1. The lowest BCUT2D eigenvalue weighted by molar-refractivity contribution is -0.123. The molecular weight excluding hydrogens is 467 g/mol. The van der Waals surface area contributed by atoms with Crippen LogP contribution in [0, 0.1) is 11.8 Å². The van der Waals surface area contributed by atoms with Gasteiger partial charge in [-0.3, -0.25) is 9.59 Å². The number of alkyl halides is 4. The Morgan fingerprint density at radius 2 is 1.46 bits per heavy atom. The van der Waals surface area contributed by atoms with E-state index in [1.807, 2.05) is 0 Å². The van der Waals surface area contributed by atoms with Crippen LogP contribution < -0.4 is 9.64 Å². The Kier molecular flexibility index (Phi) is 4.08. The van der Waals surface area contributed by atoms with Gasteiger partial charge in [0.2, 0.25) is 11.8 Å². The minimum atomic E-state index is -1.93. The number of rotatable bonds is 2. The number of allylic oxidation sites excluding steroid dienone is 2. The van der Waals surface area contributed by atoms with E-state index in [9.17, 15) is 9.59 Å². The number of hydrogen-bond acceptors (Lipinski definition) is 3. The van der Waals surface area contributed by atoms with E-state index in [2.05, 4.69) is 0 Å². The highest BCUT2D eigenvalue weighted by Gasteiger charge is 2.87. The van der Waals surface area contributed by atoms with Crippen molar-refractivity contribution in [2.45, 2.75) is 14.1 Å². The van der Waals surface area contributed by atoms with Gasteiger partial charge < -0.3 is 4.74 Å². The third-order valence-electron chi connectivity index (χ3n) is 5.22. The van der Waals surface area contributed by atoms with Crippen LogP contribution in [0.1, 0.15) is 0 Å². The molecule has 26 heavy (non-hydrogen) atoms. The van der Waals surface area contributed by atoms with Crippen LogP contribution in [0.5, 0.6) is 5.75 Å². The van der Waals surface area contributed by atoms with Gasteiger partial charge in [0.25, 0.3) is 0 Å². The second-order valence-electron chi connectivity index (χ2n) is 6.29. The van der Waals surface area contributed by atoms with Gasteiger partial charge in [0.1, 0.15) is 15.5 Å². The molecule has 2 fully saturated rings. The monoisotopic (exact) mass is 473 g/mol. The molecule has 138 valence electrons. The highest BCUT2D eigenvalue weighted by molar-refractivity contribution is 6.67. The summed E-state index contributed by atoms with van der Waals surface area (Å²) in [6, 6.07) is 6.47. The Morgan fingerprint density at radius 1 is 0.962 bits per heavy atom. The summed E-state index contributed by atoms with van der Waals surface area (Å²) in [6.07, 6.45) is 0. The first-order chi connectivity index (χ1) is 12.0. The molecule has 1 aromatic carbocycles. The number of hydrogen-bond donors (Lipinski definition) is 0. The number of carbonyl (C=O) groups is 2. The van der Waals surface area contributed by atoms with Crippen LogP contribution >= 0.6 is 69.6 Å². The fraction of sp³-hybridized carbons (Fsp3) is 0.375. The van der Waals surface area contributed by atoms with Crippen LogP contribution in [0.25, 0.3) is 0 Å². The van der Waals surface area contributed by atoms with Crippen LogP contribution in [-0.4, -0.2) is 33.0 Å². The van der Waals surface area contributed by atoms with Crippen LogP contribution in [0.3, 0.4) is 0 Å². The summed E-state index contributed by atoms with van der Waals surface area (Å²) in [6.45, 7) is 0. The molecule has 1 heterocycles. The largest absolute Gasteiger partial charge is 0.497 e. The predicted molar refractivity (Wildman–Crippen MR) is 103 cm³/mol. The number of fused-ring (bicyclic) bond motifs is 5. The zero-order valence-electron chi connectivity index (χ0n) is 12.9. The minimum Gasteiger partial charge on any atom is -0.497 e. The number of nitrogens with zero attached hydrogens (tertiary/aromatic N) is 1. The molecule has 10 heteroatoms. The highest BCUT2D eigenvalue weighted by Crippen LogP contribution is 2.77. The predicted octanol–water partition coefficient (Wildman–Crippen LogP) is 4.65. The molecule has 1 saturated heterocycles. The topological polar surface area (TPSA) is 46.6 Å². The molecule has 2 aliphatic carbocycles. The van der Waals surface area contributed by atoms with E-state index >= 15 is 0 Å². The quantitative estimate of drug-likeness (QED) is 0.462. The molecule has 0 spiro atoms. The maximum Gasteiger partial charge on any atom is 0.240 e. The first kappa shape index (κ1) is 19.0. The van der Waals surface area contributed by atoms with Crippen molar-refractivity contribution in [2.75, 3.05) is 12.0 Å². The number of halogens is 6. The van der Waals surface area contributed by atoms with Crippen LogP contribution in [0.4, 0.5) is 5.69 Å². The number of ether oxygens (including phenoxy) is 1.